The van der Waals surface area contributed by atoms with Gasteiger partial charge in [0, 0.05) is 31.0 Å². The second-order valence-electron chi connectivity index (χ2n) is 6.14. The lowest BCUT2D eigenvalue weighted by Crippen LogP contribution is -2.18. The van der Waals surface area contributed by atoms with Gasteiger partial charge in [-0.1, -0.05) is 11.2 Å². The summed E-state index contributed by atoms with van der Waals surface area (Å²) in [6, 6.07) is 10.1. The lowest BCUT2D eigenvalue weighted by atomic mass is 10.1. The maximum atomic E-state index is 11.5. The highest BCUT2D eigenvalue weighted by atomic mass is 16.6. The maximum Gasteiger partial charge on any atom is 0.293 e. The van der Waals surface area contributed by atoms with E-state index in [-0.39, 0.29) is 17.7 Å². The van der Waals surface area contributed by atoms with Crippen molar-refractivity contribution < 1.29 is 14.2 Å². The minimum absolute atomic E-state index is 0.0527. The molecule has 0 aliphatic carbocycles. The predicted molar refractivity (Wildman–Crippen MR) is 97.1 cm³/mol. The van der Waals surface area contributed by atoms with Crippen LogP contribution in [0, 0.1) is 10.1 Å². The van der Waals surface area contributed by atoms with Crippen molar-refractivity contribution in [2.75, 3.05) is 18.5 Å². The Hall–Kier alpha value is -3.33. The van der Waals surface area contributed by atoms with Crippen molar-refractivity contribution in [1.82, 2.24) is 15.1 Å². The maximum absolute atomic E-state index is 11.5. The number of rotatable bonds is 6. The Morgan fingerprint density at radius 2 is 2.22 bits per heavy atom. The zero-order chi connectivity index (χ0) is 18.6. The van der Waals surface area contributed by atoms with Gasteiger partial charge < -0.3 is 14.6 Å². The van der Waals surface area contributed by atoms with Crippen molar-refractivity contribution in [2.24, 2.45) is 0 Å². The van der Waals surface area contributed by atoms with Crippen molar-refractivity contribution >= 4 is 11.4 Å². The van der Waals surface area contributed by atoms with Gasteiger partial charge in [-0.05, 0) is 37.1 Å². The number of ether oxygens (including phenoxy) is 1. The topological polar surface area (TPSA) is 116 Å². The summed E-state index contributed by atoms with van der Waals surface area (Å²) in [4.78, 5) is 19.5. The first kappa shape index (κ1) is 17.1. The van der Waals surface area contributed by atoms with E-state index in [0.29, 0.717) is 29.3 Å². The fraction of sp³-hybridized carbons (Fsp3) is 0.278. The Morgan fingerprint density at radius 3 is 2.96 bits per heavy atom. The smallest absolute Gasteiger partial charge is 0.293 e. The fourth-order valence-electron chi connectivity index (χ4n) is 2.93. The standard InChI is InChI=1S/C18H17N5O4/c24-23(25)16-10-12(6-7-14(16)20-11-13-4-3-9-26-13)18-21-17(22-27-18)15-5-1-2-8-19-15/h1-2,5-8,10,13,20H,3-4,9,11H2/t13-/m0/s1. The van der Waals surface area contributed by atoms with Crippen LogP contribution in [0.25, 0.3) is 23.0 Å². The molecule has 1 N–H and O–H groups in total. The Bertz CT molecular complexity index is 938. The van der Waals surface area contributed by atoms with Gasteiger partial charge in [0.05, 0.1) is 11.0 Å². The second kappa shape index (κ2) is 7.50. The summed E-state index contributed by atoms with van der Waals surface area (Å²) < 4.78 is 10.8. The van der Waals surface area contributed by atoms with Crippen LogP contribution < -0.4 is 5.32 Å². The van der Waals surface area contributed by atoms with Crippen LogP contribution in [0.4, 0.5) is 11.4 Å². The molecule has 9 nitrogen and oxygen atoms in total. The van der Waals surface area contributed by atoms with Crippen LogP contribution in [0.15, 0.2) is 47.1 Å². The quantitative estimate of drug-likeness (QED) is 0.521. The summed E-state index contributed by atoms with van der Waals surface area (Å²) in [5, 5.41) is 18.5. The highest BCUT2D eigenvalue weighted by molar-refractivity contribution is 5.70. The van der Waals surface area contributed by atoms with Crippen molar-refractivity contribution in [2.45, 2.75) is 18.9 Å². The molecule has 3 aromatic rings. The third kappa shape index (κ3) is 3.77. The van der Waals surface area contributed by atoms with Crippen LogP contribution in [-0.4, -0.2) is 39.3 Å². The van der Waals surface area contributed by atoms with Gasteiger partial charge in [-0.15, -0.1) is 0 Å². The normalized spacial score (nSPS) is 16.4. The number of anilines is 1. The molecule has 9 heteroatoms. The highest BCUT2D eigenvalue weighted by Crippen LogP contribution is 2.31. The van der Waals surface area contributed by atoms with E-state index in [0.717, 1.165) is 19.4 Å². The van der Waals surface area contributed by atoms with Crippen molar-refractivity contribution in [3.63, 3.8) is 0 Å². The molecule has 1 aliphatic rings. The summed E-state index contributed by atoms with van der Waals surface area (Å²) in [5.41, 5.74) is 1.42. The van der Waals surface area contributed by atoms with Gasteiger partial charge in [-0.3, -0.25) is 15.1 Å². The van der Waals surface area contributed by atoms with Crippen LogP contribution in [0.3, 0.4) is 0 Å². The minimum Gasteiger partial charge on any atom is -0.377 e. The first-order chi connectivity index (χ1) is 13.2. The average Bonchev–Trinajstić information content (AvgIpc) is 3.39. The molecule has 1 aliphatic heterocycles. The Kier molecular flexibility index (Phi) is 4.75. The number of aromatic nitrogens is 3. The summed E-state index contributed by atoms with van der Waals surface area (Å²) in [6.45, 7) is 1.27. The molecule has 1 saturated heterocycles. The zero-order valence-electron chi connectivity index (χ0n) is 14.4. The Balaban J connectivity index is 1.57. The molecule has 0 radical (unpaired) electrons. The Morgan fingerprint density at radius 1 is 1.30 bits per heavy atom. The van der Waals surface area contributed by atoms with E-state index >= 15 is 0 Å². The number of nitro groups is 1. The van der Waals surface area contributed by atoms with Crippen molar-refractivity contribution in [3.05, 3.63) is 52.7 Å². The molecule has 27 heavy (non-hydrogen) atoms. The summed E-state index contributed by atoms with van der Waals surface area (Å²) in [7, 11) is 0. The van der Waals surface area contributed by atoms with E-state index in [1.807, 2.05) is 6.07 Å². The number of nitrogens with one attached hydrogen (secondary N) is 1. The molecular formula is C18H17N5O4. The van der Waals surface area contributed by atoms with Gasteiger partial charge in [0.15, 0.2) is 0 Å². The van der Waals surface area contributed by atoms with E-state index in [9.17, 15) is 10.1 Å². The molecule has 0 saturated carbocycles. The largest absolute Gasteiger partial charge is 0.377 e. The van der Waals surface area contributed by atoms with Gasteiger partial charge in [-0.25, -0.2) is 0 Å². The molecule has 0 spiro atoms. The third-order valence-electron chi connectivity index (χ3n) is 4.31. The highest BCUT2D eigenvalue weighted by Gasteiger charge is 2.21. The summed E-state index contributed by atoms with van der Waals surface area (Å²) in [5.74, 6) is 0.526. The van der Waals surface area contributed by atoms with Crippen LogP contribution >= 0.6 is 0 Å². The zero-order valence-corrected chi connectivity index (χ0v) is 14.4. The van der Waals surface area contributed by atoms with Gasteiger partial charge in [0.1, 0.15) is 11.4 Å². The number of benzene rings is 1. The molecular weight excluding hydrogens is 350 g/mol. The molecule has 0 bridgehead atoms. The minimum atomic E-state index is -0.433. The van der Waals surface area contributed by atoms with E-state index < -0.39 is 4.92 Å². The van der Waals surface area contributed by atoms with Crippen molar-refractivity contribution in [1.29, 1.82) is 0 Å². The van der Waals surface area contributed by atoms with Gasteiger partial charge in [-0.2, -0.15) is 4.98 Å². The lowest BCUT2D eigenvalue weighted by Gasteiger charge is -2.12. The van der Waals surface area contributed by atoms with Crippen LogP contribution in [0.1, 0.15) is 12.8 Å². The van der Waals surface area contributed by atoms with Gasteiger partial charge in [0.25, 0.3) is 11.6 Å². The van der Waals surface area contributed by atoms with Crippen LogP contribution in [0.5, 0.6) is 0 Å². The van der Waals surface area contributed by atoms with Gasteiger partial charge >= 0.3 is 0 Å². The molecule has 0 unspecified atom stereocenters. The van der Waals surface area contributed by atoms with Crippen LogP contribution in [-0.2, 0) is 4.74 Å². The molecule has 1 atom stereocenters. The first-order valence-corrected chi connectivity index (χ1v) is 8.60. The lowest BCUT2D eigenvalue weighted by molar-refractivity contribution is -0.383. The number of nitro benzene ring substituents is 1. The molecule has 2 aromatic heterocycles. The molecule has 138 valence electrons. The molecule has 1 aromatic carbocycles. The summed E-state index contributed by atoms with van der Waals surface area (Å²) in [6.07, 6.45) is 3.69. The summed E-state index contributed by atoms with van der Waals surface area (Å²) >= 11 is 0. The first-order valence-electron chi connectivity index (χ1n) is 8.60. The van der Waals surface area contributed by atoms with Gasteiger partial charge in [0.2, 0.25) is 5.82 Å². The molecule has 3 heterocycles. The van der Waals surface area contributed by atoms with E-state index in [4.69, 9.17) is 9.26 Å². The SMILES string of the molecule is O=[N+]([O-])c1cc(-c2nc(-c3ccccn3)no2)ccc1NC[C@@H]1CCCO1. The molecule has 4 rings (SSSR count). The average molecular weight is 367 g/mol. The number of hydrogen-bond donors (Lipinski definition) is 1. The second-order valence-corrected chi connectivity index (χ2v) is 6.14. The van der Waals surface area contributed by atoms with Crippen LogP contribution in [0.2, 0.25) is 0 Å². The van der Waals surface area contributed by atoms with E-state index in [1.54, 1.807) is 30.5 Å². The predicted octanol–water partition coefficient (Wildman–Crippen LogP) is 3.30. The van der Waals surface area contributed by atoms with E-state index in [2.05, 4.69) is 20.4 Å². The monoisotopic (exact) mass is 367 g/mol. The fourth-order valence-corrected chi connectivity index (χ4v) is 2.93. The molecule has 1 fully saturated rings. The van der Waals surface area contributed by atoms with Crippen molar-refractivity contribution in [3.8, 4) is 23.0 Å². The number of hydrogen-bond acceptors (Lipinski definition) is 8. The number of pyridine rings is 1. The number of nitrogens with zero attached hydrogens (tertiary/aromatic N) is 4. The third-order valence-corrected chi connectivity index (χ3v) is 4.31. The Labute approximate surface area is 154 Å². The van der Waals surface area contributed by atoms with E-state index in [1.165, 1.54) is 6.07 Å². The molecule has 0 amide bonds.